The molecule has 0 bridgehead atoms. The average molecular weight is 418 g/mol. The monoisotopic (exact) mass is 418 g/mol. The van der Waals surface area contributed by atoms with E-state index in [1.807, 2.05) is 0 Å². The van der Waals surface area contributed by atoms with E-state index in [0.29, 0.717) is 0 Å². The van der Waals surface area contributed by atoms with Crippen LogP contribution in [0.3, 0.4) is 0 Å². The molecule has 0 radical (unpaired) electrons. The molecule has 0 fully saturated rings. The molecule has 7 nitrogen and oxygen atoms in total. The zero-order chi connectivity index (χ0) is 19.0. The number of hydrogen-bond donors (Lipinski definition) is 0. The Bertz CT molecular complexity index is 646. The predicted octanol–water partition coefficient (Wildman–Crippen LogP) is -0.880. The summed E-state index contributed by atoms with van der Waals surface area (Å²) in [5.41, 5.74) is -0.190. The summed E-state index contributed by atoms with van der Waals surface area (Å²) in [5, 5.41) is 0. The van der Waals surface area contributed by atoms with Crippen molar-refractivity contribution in [1.29, 1.82) is 0 Å². The topological polar surface area (TPSA) is 110 Å². The maximum atomic E-state index is 13.4. The van der Waals surface area contributed by atoms with Crippen LogP contribution in [0, 0.1) is 0 Å². The third-order valence-electron chi connectivity index (χ3n) is 1.96. The summed E-state index contributed by atoms with van der Waals surface area (Å²) >= 11 is 0. The van der Waals surface area contributed by atoms with E-state index in [2.05, 4.69) is 16.1 Å². The quantitative estimate of drug-likeness (QED) is 0.132. The number of carbonyl (C=O) groups is 2. The van der Waals surface area contributed by atoms with Crippen molar-refractivity contribution in [3.05, 3.63) is 12.2 Å². The Kier molecular flexibility index (Phi) is 7.17. The Balaban J connectivity index is 0. The van der Waals surface area contributed by atoms with Crippen LogP contribution in [-0.2, 0) is 29.2 Å². The van der Waals surface area contributed by atoms with Crippen molar-refractivity contribution in [2.45, 2.75) is 11.3 Å². The van der Waals surface area contributed by atoms with Crippen molar-refractivity contribution in [3.63, 3.8) is 0 Å². The average Bonchev–Trinajstić information content (AvgIpc) is 2.27. The number of halogens is 6. The molecule has 0 N–H and O–H groups in total. The summed E-state index contributed by atoms with van der Waals surface area (Å²) in [6.45, 7) is 1.78. The van der Waals surface area contributed by atoms with Crippen molar-refractivity contribution in [2.24, 2.45) is 0 Å². The minimum absolute atomic E-state index is 0. The van der Waals surface area contributed by atoms with E-state index in [0.717, 1.165) is 6.92 Å². The van der Waals surface area contributed by atoms with Gasteiger partial charge in [0, 0.05) is 5.57 Å². The number of esters is 2. The summed E-state index contributed by atoms with van der Waals surface area (Å²) in [4.78, 5) is 21.7. The van der Waals surface area contributed by atoms with Gasteiger partial charge in [-0.3, -0.25) is 0 Å². The van der Waals surface area contributed by atoms with Crippen LogP contribution in [0.2, 0.25) is 0 Å². The van der Waals surface area contributed by atoms with Gasteiger partial charge in [-0.2, -0.15) is 4.39 Å². The normalized spacial score (nSPS) is 17.3. The van der Waals surface area contributed by atoms with Crippen LogP contribution < -0.4 is 29.6 Å². The van der Waals surface area contributed by atoms with E-state index in [1.165, 1.54) is 0 Å². The van der Waals surface area contributed by atoms with E-state index >= 15 is 0 Å². The van der Waals surface area contributed by atoms with Gasteiger partial charge in [0.2, 0.25) is 0 Å². The van der Waals surface area contributed by atoms with Crippen LogP contribution in [0.25, 0.3) is 0 Å². The van der Waals surface area contributed by atoms with Crippen LogP contribution in [-0.4, -0.2) is 42.5 Å². The maximum Gasteiger partial charge on any atom is 1.00 e. The largest absolute Gasteiger partial charge is 1.00 e. The molecule has 1 unspecified atom stereocenters. The number of alkyl halides is 1. The van der Waals surface area contributed by atoms with Crippen LogP contribution in [0.15, 0.2) is 12.2 Å². The van der Waals surface area contributed by atoms with Gasteiger partial charge in [0.15, 0.2) is 10.1 Å². The van der Waals surface area contributed by atoms with E-state index in [1.54, 1.807) is 0 Å². The molecular formula is C8H9F6NaO7S2. The minimum Gasteiger partial charge on any atom is -0.744 e. The molecule has 16 heteroatoms. The SMILES string of the molecule is C=C(C)C(=O)OCCOC(=O)C(F)(S(=O)(=O)[O-])S(F)(F)(F)(F)F.[Na+]. The zero-order valence-corrected chi connectivity index (χ0v) is 15.7. The molecule has 1 atom stereocenters. The van der Waals surface area contributed by atoms with E-state index < -0.39 is 49.8 Å². The van der Waals surface area contributed by atoms with Crippen molar-refractivity contribution >= 4 is 32.3 Å². The summed E-state index contributed by atoms with van der Waals surface area (Å²) in [7, 11) is -19.3. The maximum absolute atomic E-state index is 13.4. The van der Waals surface area contributed by atoms with Gasteiger partial charge >= 0.3 is 56.1 Å². The standard InChI is InChI=1S/C8H10F6O7S2.Na/c1-5(2)6(15)20-3-4-21-7(16)8(9,22(17,18)19)23(10,11,12,13)14;/h1,3-4H2,2H3,(H,17,18,19);/q;+1/p-1. The molecule has 0 saturated heterocycles. The summed E-state index contributed by atoms with van der Waals surface area (Å²) in [5.74, 6) is -4.80. The molecule has 0 heterocycles. The molecule has 0 aromatic heterocycles. The van der Waals surface area contributed by atoms with Gasteiger partial charge in [-0.15, -0.1) is 0 Å². The first kappa shape index (κ1) is 25.8. The summed E-state index contributed by atoms with van der Waals surface area (Å²) < 4.78 is 107. The molecule has 0 spiro atoms. The van der Waals surface area contributed by atoms with E-state index in [-0.39, 0.29) is 35.1 Å². The molecule has 138 valence electrons. The Morgan fingerprint density at radius 1 is 1.12 bits per heavy atom. The summed E-state index contributed by atoms with van der Waals surface area (Å²) in [6.07, 6.45) is 0. The van der Waals surface area contributed by atoms with Crippen LogP contribution in [0.1, 0.15) is 6.92 Å². The number of hydrogen-bond acceptors (Lipinski definition) is 7. The Labute approximate surface area is 154 Å². The van der Waals surface area contributed by atoms with Gasteiger partial charge < -0.3 is 14.0 Å². The van der Waals surface area contributed by atoms with Crippen molar-refractivity contribution in [3.8, 4) is 0 Å². The fourth-order valence-corrected chi connectivity index (χ4v) is 3.11. The first-order valence-electron chi connectivity index (χ1n) is 5.12. The summed E-state index contributed by atoms with van der Waals surface area (Å²) in [6, 6.07) is 0. The predicted molar refractivity (Wildman–Crippen MR) is 63.4 cm³/mol. The molecule has 0 aromatic rings. The second-order valence-corrected chi connectivity index (χ2v) is 8.24. The van der Waals surface area contributed by atoms with E-state index in [9.17, 15) is 46.4 Å². The zero-order valence-electron chi connectivity index (χ0n) is 12.1. The third-order valence-corrected chi connectivity index (χ3v) is 5.49. The van der Waals surface area contributed by atoms with Gasteiger partial charge in [0.1, 0.15) is 13.2 Å². The Morgan fingerprint density at radius 2 is 1.50 bits per heavy atom. The minimum atomic E-state index is -11.8. The van der Waals surface area contributed by atoms with Crippen molar-refractivity contribution in [1.82, 2.24) is 0 Å². The van der Waals surface area contributed by atoms with Gasteiger partial charge in [-0.1, -0.05) is 26.0 Å². The van der Waals surface area contributed by atoms with Crippen LogP contribution >= 0.6 is 10.2 Å². The van der Waals surface area contributed by atoms with Crippen LogP contribution in [0.5, 0.6) is 0 Å². The van der Waals surface area contributed by atoms with Crippen LogP contribution in [0.4, 0.5) is 23.8 Å². The Morgan fingerprint density at radius 3 is 1.79 bits per heavy atom. The third kappa shape index (κ3) is 5.52. The second-order valence-electron chi connectivity index (χ2n) is 4.01. The molecule has 0 aromatic carbocycles. The smallest absolute Gasteiger partial charge is 0.744 e. The first-order chi connectivity index (χ1) is 9.74. The van der Waals surface area contributed by atoms with Gasteiger partial charge in [-0.25, -0.2) is 18.0 Å². The first-order valence-corrected chi connectivity index (χ1v) is 8.48. The molecule has 0 aliphatic carbocycles. The van der Waals surface area contributed by atoms with Gasteiger partial charge in [-0.05, 0) is 6.92 Å². The Hall–Kier alpha value is -0.480. The molecule has 24 heavy (non-hydrogen) atoms. The number of carbonyl (C=O) groups excluding carboxylic acids is 2. The molecule has 0 saturated carbocycles. The van der Waals surface area contributed by atoms with Gasteiger partial charge in [0.05, 0.1) is 0 Å². The molecule has 0 aliphatic heterocycles. The van der Waals surface area contributed by atoms with Gasteiger partial charge in [0.25, 0.3) is 0 Å². The molecule has 0 aliphatic rings. The fraction of sp³-hybridized carbons (Fsp3) is 0.500. The number of ether oxygens (including phenoxy) is 2. The molecule has 0 rings (SSSR count). The van der Waals surface area contributed by atoms with Crippen molar-refractivity contribution < 1.29 is 85.4 Å². The molecular weight excluding hydrogens is 409 g/mol. The van der Waals surface area contributed by atoms with Crippen molar-refractivity contribution in [2.75, 3.05) is 13.2 Å². The van der Waals surface area contributed by atoms with E-state index in [4.69, 9.17) is 0 Å². The molecule has 0 amide bonds. The fourth-order valence-electron chi connectivity index (χ4n) is 0.931. The second kappa shape index (κ2) is 6.68. The number of rotatable bonds is 7.